The summed E-state index contributed by atoms with van der Waals surface area (Å²) in [4.78, 5) is 19.4. The third-order valence-electron chi connectivity index (χ3n) is 5.59. The number of anilines is 1. The Bertz CT molecular complexity index is 786. The highest BCUT2D eigenvalue weighted by molar-refractivity contribution is 5.95. The summed E-state index contributed by atoms with van der Waals surface area (Å²) in [7, 11) is 0. The number of rotatable bonds is 4. The van der Waals surface area contributed by atoms with Crippen LogP contribution < -0.4 is 5.32 Å². The van der Waals surface area contributed by atoms with Crippen molar-refractivity contribution in [2.75, 3.05) is 31.6 Å². The van der Waals surface area contributed by atoms with E-state index in [0.717, 1.165) is 61.8 Å². The van der Waals surface area contributed by atoms with E-state index in [1.807, 2.05) is 18.2 Å². The first-order valence-electron chi connectivity index (χ1n) is 9.29. The van der Waals surface area contributed by atoms with E-state index in [9.17, 15) is 4.79 Å². The maximum atomic E-state index is 12.5. The molecule has 1 N–H and O–H groups in total. The molecule has 1 aromatic carbocycles. The first-order chi connectivity index (χ1) is 12.3. The molecule has 0 unspecified atom stereocenters. The Labute approximate surface area is 146 Å². The molecule has 1 amide bonds. The van der Waals surface area contributed by atoms with Crippen molar-refractivity contribution in [3.8, 4) is 0 Å². The minimum absolute atomic E-state index is 0.0790. The zero-order valence-electron chi connectivity index (χ0n) is 14.2. The van der Waals surface area contributed by atoms with Crippen molar-refractivity contribution in [3.63, 3.8) is 0 Å². The molecule has 1 aliphatic carbocycles. The van der Waals surface area contributed by atoms with E-state index in [-0.39, 0.29) is 11.8 Å². The van der Waals surface area contributed by atoms with Gasteiger partial charge >= 0.3 is 0 Å². The average molecular weight is 341 g/mol. The van der Waals surface area contributed by atoms with Crippen LogP contribution in [0.3, 0.4) is 0 Å². The van der Waals surface area contributed by atoms with Crippen LogP contribution in [0.2, 0.25) is 0 Å². The standard InChI is InChI=1S/C19H23N3O3/c23-18(13-10-22(11-13)15-5-7-24-8-6-15)20-14-3-4-16-17(9-14)25-19(21-16)12-1-2-12/h3-4,9,12-13,15H,1-2,5-8,10-11H2,(H,20,23). The number of aromatic nitrogens is 1. The van der Waals surface area contributed by atoms with Crippen LogP contribution in [-0.4, -0.2) is 48.1 Å². The van der Waals surface area contributed by atoms with Gasteiger partial charge in [-0.1, -0.05) is 0 Å². The van der Waals surface area contributed by atoms with Gasteiger partial charge in [-0.2, -0.15) is 0 Å². The van der Waals surface area contributed by atoms with Crippen LogP contribution in [0, 0.1) is 5.92 Å². The highest BCUT2D eigenvalue weighted by Gasteiger charge is 2.37. The van der Waals surface area contributed by atoms with Gasteiger partial charge in [0.05, 0.1) is 5.92 Å². The lowest BCUT2D eigenvalue weighted by molar-refractivity contribution is -0.127. The molecule has 132 valence electrons. The van der Waals surface area contributed by atoms with Gasteiger partial charge in [0.2, 0.25) is 5.91 Å². The molecule has 25 heavy (non-hydrogen) atoms. The van der Waals surface area contributed by atoms with Crippen LogP contribution in [0.5, 0.6) is 0 Å². The maximum Gasteiger partial charge on any atom is 0.230 e. The number of nitrogens with zero attached hydrogens (tertiary/aromatic N) is 2. The normalized spacial score (nSPS) is 22.9. The first-order valence-corrected chi connectivity index (χ1v) is 9.29. The van der Waals surface area contributed by atoms with Crippen molar-refractivity contribution in [1.29, 1.82) is 0 Å². The molecule has 1 saturated carbocycles. The largest absolute Gasteiger partial charge is 0.440 e. The lowest BCUT2D eigenvalue weighted by Crippen LogP contribution is -2.57. The molecule has 6 nitrogen and oxygen atoms in total. The molecule has 6 heteroatoms. The van der Waals surface area contributed by atoms with E-state index in [0.29, 0.717) is 12.0 Å². The van der Waals surface area contributed by atoms with Gasteiger partial charge in [0, 0.05) is 50.0 Å². The Morgan fingerprint density at radius 3 is 2.72 bits per heavy atom. The van der Waals surface area contributed by atoms with Gasteiger partial charge < -0.3 is 14.5 Å². The molecule has 2 saturated heterocycles. The smallest absolute Gasteiger partial charge is 0.230 e. The van der Waals surface area contributed by atoms with Gasteiger partial charge in [-0.3, -0.25) is 9.69 Å². The molecule has 3 heterocycles. The van der Waals surface area contributed by atoms with Gasteiger partial charge in [-0.15, -0.1) is 0 Å². The first kappa shape index (κ1) is 15.3. The van der Waals surface area contributed by atoms with Crippen LogP contribution in [0.4, 0.5) is 5.69 Å². The number of nitrogens with one attached hydrogen (secondary N) is 1. The Hall–Kier alpha value is -1.92. The van der Waals surface area contributed by atoms with Gasteiger partial charge in [0.25, 0.3) is 0 Å². The lowest BCUT2D eigenvalue weighted by atomic mass is 9.93. The second-order valence-corrected chi connectivity index (χ2v) is 7.49. The quantitative estimate of drug-likeness (QED) is 0.926. The van der Waals surface area contributed by atoms with Crippen LogP contribution >= 0.6 is 0 Å². The predicted octanol–water partition coefficient (Wildman–Crippen LogP) is 2.75. The molecule has 2 aromatic rings. The summed E-state index contributed by atoms with van der Waals surface area (Å²) >= 11 is 0. The topological polar surface area (TPSA) is 67.6 Å². The number of hydrogen-bond acceptors (Lipinski definition) is 5. The summed E-state index contributed by atoms with van der Waals surface area (Å²) in [6.07, 6.45) is 4.50. The third kappa shape index (κ3) is 3.04. The van der Waals surface area contributed by atoms with E-state index in [4.69, 9.17) is 9.15 Å². The number of benzene rings is 1. The molecule has 2 aliphatic heterocycles. The summed E-state index contributed by atoms with van der Waals surface area (Å²) in [6, 6.07) is 6.31. The number of fused-ring (bicyclic) bond motifs is 1. The third-order valence-corrected chi connectivity index (χ3v) is 5.59. The monoisotopic (exact) mass is 341 g/mol. The summed E-state index contributed by atoms with van der Waals surface area (Å²) in [5.41, 5.74) is 2.42. The molecule has 1 aromatic heterocycles. The summed E-state index contributed by atoms with van der Waals surface area (Å²) < 4.78 is 11.2. The van der Waals surface area contributed by atoms with E-state index in [1.165, 1.54) is 12.8 Å². The average Bonchev–Trinajstić information content (AvgIpc) is 3.34. The van der Waals surface area contributed by atoms with Crippen LogP contribution in [0.25, 0.3) is 11.1 Å². The molecule has 0 atom stereocenters. The Morgan fingerprint density at radius 2 is 1.96 bits per heavy atom. The zero-order valence-corrected chi connectivity index (χ0v) is 14.2. The maximum absolute atomic E-state index is 12.5. The van der Waals surface area contributed by atoms with Crippen LogP contribution in [0.1, 0.15) is 37.5 Å². The number of oxazole rings is 1. The van der Waals surface area contributed by atoms with Crippen molar-refractivity contribution >= 4 is 22.7 Å². The fourth-order valence-corrected chi connectivity index (χ4v) is 3.80. The second kappa shape index (κ2) is 6.11. The number of amides is 1. The molecule has 3 aliphatic rings. The highest BCUT2D eigenvalue weighted by atomic mass is 16.5. The van der Waals surface area contributed by atoms with Gasteiger partial charge in [-0.25, -0.2) is 4.98 Å². The van der Waals surface area contributed by atoms with Gasteiger partial charge in [-0.05, 0) is 37.8 Å². The Kier molecular flexibility index (Phi) is 3.75. The van der Waals surface area contributed by atoms with Crippen molar-refractivity contribution in [1.82, 2.24) is 9.88 Å². The fraction of sp³-hybridized carbons (Fsp3) is 0.579. The van der Waals surface area contributed by atoms with Crippen molar-refractivity contribution in [2.24, 2.45) is 5.92 Å². The number of hydrogen-bond donors (Lipinski definition) is 1. The summed E-state index contributed by atoms with van der Waals surface area (Å²) in [5.74, 6) is 1.51. The van der Waals surface area contributed by atoms with Crippen molar-refractivity contribution < 1.29 is 13.9 Å². The summed E-state index contributed by atoms with van der Waals surface area (Å²) in [5, 5.41) is 3.04. The molecular weight excluding hydrogens is 318 g/mol. The SMILES string of the molecule is O=C(Nc1ccc2nc(C3CC3)oc2c1)C1CN(C2CCOCC2)C1. The van der Waals surface area contributed by atoms with Crippen LogP contribution in [0.15, 0.2) is 22.6 Å². The number of ether oxygens (including phenoxy) is 1. The fourth-order valence-electron chi connectivity index (χ4n) is 3.80. The van der Waals surface area contributed by atoms with E-state index in [2.05, 4.69) is 15.2 Å². The van der Waals surface area contributed by atoms with E-state index < -0.39 is 0 Å². The molecule has 3 fully saturated rings. The van der Waals surface area contributed by atoms with Gasteiger partial charge in [0.15, 0.2) is 11.5 Å². The lowest BCUT2D eigenvalue weighted by Gasteiger charge is -2.44. The Morgan fingerprint density at radius 1 is 1.16 bits per heavy atom. The number of carbonyl (C=O) groups excluding carboxylic acids is 1. The minimum Gasteiger partial charge on any atom is -0.440 e. The molecule has 5 rings (SSSR count). The van der Waals surface area contributed by atoms with Crippen molar-refractivity contribution in [2.45, 2.75) is 37.6 Å². The van der Waals surface area contributed by atoms with E-state index in [1.54, 1.807) is 0 Å². The van der Waals surface area contributed by atoms with Crippen LogP contribution in [-0.2, 0) is 9.53 Å². The zero-order chi connectivity index (χ0) is 16.8. The number of carbonyl (C=O) groups is 1. The van der Waals surface area contributed by atoms with E-state index >= 15 is 0 Å². The summed E-state index contributed by atoms with van der Waals surface area (Å²) in [6.45, 7) is 3.40. The van der Waals surface area contributed by atoms with Crippen molar-refractivity contribution in [3.05, 3.63) is 24.1 Å². The number of likely N-dealkylation sites (tertiary alicyclic amines) is 1. The minimum atomic E-state index is 0.0790. The highest BCUT2D eigenvalue weighted by Crippen LogP contribution is 2.40. The Balaban J connectivity index is 1.20. The molecule has 0 spiro atoms. The molecule has 0 bridgehead atoms. The molecule has 0 radical (unpaired) electrons. The van der Waals surface area contributed by atoms with Gasteiger partial charge in [0.1, 0.15) is 5.52 Å². The predicted molar refractivity (Wildman–Crippen MR) is 93.5 cm³/mol. The second-order valence-electron chi connectivity index (χ2n) is 7.49. The molecular formula is C19H23N3O3.